The highest BCUT2D eigenvalue weighted by molar-refractivity contribution is 5.76. The molecule has 19 nitrogen and oxygen atoms in total. The van der Waals surface area contributed by atoms with Crippen LogP contribution in [0.5, 0.6) is 0 Å². The van der Waals surface area contributed by atoms with Gasteiger partial charge in [0, 0.05) is 6.42 Å². The molecule has 17 atom stereocenters. The van der Waals surface area contributed by atoms with Crippen LogP contribution in [-0.4, -0.2) is 193 Å². The van der Waals surface area contributed by atoms with Gasteiger partial charge in [0.2, 0.25) is 5.91 Å². The molecule has 3 saturated heterocycles. The fourth-order valence-corrected chi connectivity index (χ4v) is 15.6. The number of unbranched alkanes of at least 4 members (excludes halogenated alkanes) is 54. The lowest BCUT2D eigenvalue weighted by Crippen LogP contribution is -2.66. The van der Waals surface area contributed by atoms with E-state index in [0.29, 0.717) is 12.8 Å². The smallest absolute Gasteiger partial charge is 0.220 e. The third kappa shape index (κ3) is 47.7. The zero-order valence-electron chi connectivity index (χ0n) is 68.2. The van der Waals surface area contributed by atoms with E-state index in [-0.39, 0.29) is 18.9 Å². The summed E-state index contributed by atoms with van der Waals surface area (Å²) in [5, 5.41) is 121. The molecule has 17 unspecified atom stereocenters. The van der Waals surface area contributed by atoms with Gasteiger partial charge in [0.15, 0.2) is 18.9 Å². The normalized spacial score (nSPS) is 25.6. The summed E-state index contributed by atoms with van der Waals surface area (Å²) >= 11 is 0. The van der Waals surface area contributed by atoms with E-state index in [1.165, 1.54) is 315 Å². The molecule has 0 aromatic rings. The fraction of sp³-hybridized carbons (Fsp3) is 0.943. The molecule has 0 saturated carbocycles. The summed E-state index contributed by atoms with van der Waals surface area (Å²) in [6.45, 7) is 1.87. The van der Waals surface area contributed by atoms with E-state index in [2.05, 4.69) is 43.5 Å². The average molecular weight is 1530 g/mol. The molecule has 1 amide bonds. The predicted octanol–water partition coefficient (Wildman–Crippen LogP) is 16.9. The zero-order chi connectivity index (χ0) is 77.4. The molecule has 632 valence electrons. The second-order valence-corrected chi connectivity index (χ2v) is 32.4. The number of rotatable bonds is 74. The van der Waals surface area contributed by atoms with E-state index in [0.717, 1.165) is 51.4 Å². The van der Waals surface area contributed by atoms with Crippen molar-refractivity contribution >= 4 is 5.91 Å². The number of ether oxygens (including phenoxy) is 6. The van der Waals surface area contributed by atoms with E-state index in [1.54, 1.807) is 0 Å². The molecule has 19 heteroatoms. The summed E-state index contributed by atoms with van der Waals surface area (Å²) in [5.74, 6) is -0.234. The standard InChI is InChI=1S/C88H167NO18/c1-3-5-7-9-11-13-15-17-19-21-23-25-27-29-31-33-35-37-39-41-43-45-47-49-51-53-55-57-59-61-63-65-72(93)71(89-76(94)66-64-62-60-58-56-54-52-50-48-46-44-42-40-38-36-34-32-30-28-26-24-22-20-18-16-14-12-10-8-6-4-2)70-102-86-82(100)79(97)84(74(68-91)104-86)107-88-83(101)80(98)85(75(69-92)105-88)106-87-81(99)78(96)77(95)73(67-90)103-87/h16,18,22,24,71-75,77-88,90-93,95-101H,3-15,17,19-21,23,25-70H2,1-2H3,(H,89,94)/b18-16-,24-22-. The number of hydrogen-bond donors (Lipinski definition) is 12. The van der Waals surface area contributed by atoms with Gasteiger partial charge in [-0.05, 0) is 44.9 Å². The highest BCUT2D eigenvalue weighted by Gasteiger charge is 2.54. The second-order valence-electron chi connectivity index (χ2n) is 32.4. The number of carbonyl (C=O) groups is 1. The molecule has 3 aliphatic rings. The van der Waals surface area contributed by atoms with E-state index < -0.39 is 124 Å². The second kappa shape index (κ2) is 68.7. The number of allylic oxidation sites excluding steroid dienone is 4. The first kappa shape index (κ1) is 99.5. The van der Waals surface area contributed by atoms with Crippen LogP contribution in [0.15, 0.2) is 24.3 Å². The van der Waals surface area contributed by atoms with Crippen molar-refractivity contribution in [3.8, 4) is 0 Å². The maximum atomic E-state index is 13.5. The molecular weight excluding hydrogens is 1360 g/mol. The number of hydrogen-bond acceptors (Lipinski definition) is 18. The van der Waals surface area contributed by atoms with E-state index >= 15 is 0 Å². The quantitative estimate of drug-likeness (QED) is 0.0199. The Morgan fingerprint density at radius 3 is 0.953 bits per heavy atom. The van der Waals surface area contributed by atoms with E-state index in [4.69, 9.17) is 28.4 Å². The van der Waals surface area contributed by atoms with Crippen molar-refractivity contribution in [3.05, 3.63) is 24.3 Å². The summed E-state index contributed by atoms with van der Waals surface area (Å²) in [5.41, 5.74) is 0. The molecule has 3 rings (SSSR count). The Morgan fingerprint density at radius 1 is 0.336 bits per heavy atom. The minimum absolute atomic E-state index is 0.234. The van der Waals surface area contributed by atoms with Gasteiger partial charge in [0.05, 0.1) is 38.6 Å². The third-order valence-electron chi connectivity index (χ3n) is 22.8. The van der Waals surface area contributed by atoms with E-state index in [9.17, 15) is 61.0 Å². The molecule has 12 N–H and O–H groups in total. The Kier molecular flexibility index (Phi) is 63.8. The summed E-state index contributed by atoms with van der Waals surface area (Å²) < 4.78 is 34.6. The predicted molar refractivity (Wildman–Crippen MR) is 430 cm³/mol. The molecular formula is C88H167NO18. The summed E-state index contributed by atoms with van der Waals surface area (Å²) in [6.07, 6.45) is 58.6. The maximum Gasteiger partial charge on any atom is 0.220 e. The third-order valence-corrected chi connectivity index (χ3v) is 22.8. The molecule has 0 aromatic carbocycles. The highest BCUT2D eigenvalue weighted by atomic mass is 16.8. The van der Waals surface area contributed by atoms with Crippen LogP contribution in [0.1, 0.15) is 399 Å². The van der Waals surface area contributed by atoms with Crippen molar-refractivity contribution in [2.24, 2.45) is 0 Å². The Bertz CT molecular complexity index is 2020. The number of nitrogens with one attached hydrogen (secondary N) is 1. The monoisotopic (exact) mass is 1530 g/mol. The SMILES string of the molecule is CCCCCCC/C=C\C/C=C\CCCCCCCCCCCCCCCCCCCCCC(=O)NC(COC1OC(CO)C(OC2OC(CO)C(OC3OC(CO)C(O)C(O)C3O)C(O)C2O)C(O)C1O)C(O)CCCCCCCCCCCCCCCCCCCCCCCCCCCCCCCCC. The lowest BCUT2D eigenvalue weighted by Gasteiger charge is -2.48. The molecule has 3 aliphatic heterocycles. The van der Waals surface area contributed by atoms with Crippen molar-refractivity contribution in [2.45, 2.75) is 503 Å². The van der Waals surface area contributed by atoms with Gasteiger partial charge in [-0.2, -0.15) is 0 Å². The van der Waals surface area contributed by atoms with Crippen LogP contribution in [0.3, 0.4) is 0 Å². The average Bonchev–Trinajstić information content (AvgIpc) is 0.780. The number of aliphatic hydroxyl groups is 11. The topological polar surface area (TPSA) is 307 Å². The van der Waals surface area contributed by atoms with Crippen LogP contribution < -0.4 is 5.32 Å². The van der Waals surface area contributed by atoms with Gasteiger partial charge in [-0.3, -0.25) is 4.79 Å². The van der Waals surface area contributed by atoms with Crippen LogP contribution in [0.4, 0.5) is 0 Å². The van der Waals surface area contributed by atoms with Crippen molar-refractivity contribution in [1.29, 1.82) is 0 Å². The van der Waals surface area contributed by atoms with Gasteiger partial charge in [0.1, 0.15) is 73.2 Å². The fourth-order valence-electron chi connectivity index (χ4n) is 15.6. The molecule has 107 heavy (non-hydrogen) atoms. The molecule has 3 heterocycles. The number of aliphatic hydroxyl groups excluding tert-OH is 11. The van der Waals surface area contributed by atoms with Gasteiger partial charge in [-0.25, -0.2) is 0 Å². The molecule has 0 radical (unpaired) electrons. The zero-order valence-corrected chi connectivity index (χ0v) is 68.2. The molecule has 0 aromatic heterocycles. The largest absolute Gasteiger partial charge is 0.394 e. The first-order valence-electron chi connectivity index (χ1n) is 45.1. The number of carbonyl (C=O) groups excluding carboxylic acids is 1. The van der Waals surface area contributed by atoms with Crippen molar-refractivity contribution in [3.63, 3.8) is 0 Å². The molecule has 0 spiro atoms. The Morgan fingerprint density at radius 2 is 0.617 bits per heavy atom. The van der Waals surface area contributed by atoms with Gasteiger partial charge in [0.25, 0.3) is 0 Å². The van der Waals surface area contributed by atoms with Crippen molar-refractivity contribution in [2.75, 3.05) is 26.4 Å². The van der Waals surface area contributed by atoms with E-state index in [1.807, 2.05) is 0 Å². The maximum absolute atomic E-state index is 13.5. The molecule has 3 fully saturated rings. The van der Waals surface area contributed by atoms with Crippen LogP contribution >= 0.6 is 0 Å². The Labute approximate surface area is 651 Å². The minimum atomic E-state index is -1.97. The van der Waals surface area contributed by atoms with Gasteiger partial charge in [-0.1, -0.05) is 372 Å². The van der Waals surface area contributed by atoms with Crippen LogP contribution in [0.2, 0.25) is 0 Å². The molecule has 0 aliphatic carbocycles. The van der Waals surface area contributed by atoms with Crippen LogP contribution in [0.25, 0.3) is 0 Å². The van der Waals surface area contributed by atoms with Crippen LogP contribution in [0, 0.1) is 0 Å². The highest BCUT2D eigenvalue weighted by Crippen LogP contribution is 2.34. The summed E-state index contributed by atoms with van der Waals surface area (Å²) in [6, 6.07) is -0.887. The first-order chi connectivity index (χ1) is 52.3. The van der Waals surface area contributed by atoms with Gasteiger partial charge in [-0.15, -0.1) is 0 Å². The Hall–Kier alpha value is -1.73. The Balaban J connectivity index is 1.32. The van der Waals surface area contributed by atoms with Gasteiger partial charge < -0.3 is 89.9 Å². The summed E-state index contributed by atoms with van der Waals surface area (Å²) in [7, 11) is 0. The van der Waals surface area contributed by atoms with Crippen molar-refractivity contribution in [1.82, 2.24) is 5.32 Å². The molecule has 0 bridgehead atoms. The minimum Gasteiger partial charge on any atom is -0.394 e. The van der Waals surface area contributed by atoms with Crippen molar-refractivity contribution < 1.29 is 89.4 Å². The summed E-state index contributed by atoms with van der Waals surface area (Å²) in [4.78, 5) is 13.5. The lowest BCUT2D eigenvalue weighted by atomic mass is 9.96. The number of amides is 1. The van der Waals surface area contributed by atoms with Crippen LogP contribution in [-0.2, 0) is 33.2 Å². The first-order valence-corrected chi connectivity index (χ1v) is 45.1. The lowest BCUT2D eigenvalue weighted by molar-refractivity contribution is -0.379. The van der Waals surface area contributed by atoms with Gasteiger partial charge >= 0.3 is 0 Å².